The molecule has 2 aliphatic rings. The number of halogens is 1. The van der Waals surface area contributed by atoms with Gasteiger partial charge in [-0.1, -0.05) is 30.3 Å². The molecule has 0 bridgehead atoms. The number of ether oxygens (including phenoxy) is 2. The Bertz CT molecular complexity index is 482. The van der Waals surface area contributed by atoms with E-state index in [-0.39, 0.29) is 5.79 Å². The van der Waals surface area contributed by atoms with Gasteiger partial charge in [0.2, 0.25) is 0 Å². The van der Waals surface area contributed by atoms with E-state index in [2.05, 4.69) is 17.2 Å². The van der Waals surface area contributed by atoms with Crippen LogP contribution >= 0.6 is 23.4 Å². The van der Waals surface area contributed by atoms with Crippen molar-refractivity contribution in [3.8, 4) is 0 Å². The average Bonchev–Trinajstić information content (AvgIpc) is 2.93. The number of hydrogen-bond acceptors (Lipinski definition) is 5. The Morgan fingerprint density at radius 2 is 2.29 bits per heavy atom. The lowest BCUT2D eigenvalue weighted by atomic mass is 9.89. The highest BCUT2D eigenvalue weighted by molar-refractivity contribution is 8.00. The van der Waals surface area contributed by atoms with Crippen molar-refractivity contribution in [1.29, 1.82) is 0 Å². The lowest BCUT2D eigenvalue weighted by Crippen LogP contribution is -2.49. The molecule has 0 radical (unpaired) electrons. The Morgan fingerprint density at radius 3 is 3.00 bits per heavy atom. The van der Waals surface area contributed by atoms with Gasteiger partial charge in [0.15, 0.2) is 5.79 Å². The van der Waals surface area contributed by atoms with Crippen LogP contribution in [0.15, 0.2) is 23.4 Å². The Balaban J connectivity index is 1.75. The highest BCUT2D eigenvalue weighted by Crippen LogP contribution is 2.43. The molecule has 1 N–H and O–H groups in total. The minimum Gasteiger partial charge on any atom is -0.347 e. The topological polar surface area (TPSA) is 43.4 Å². The summed E-state index contributed by atoms with van der Waals surface area (Å²) in [5.41, 5.74) is 0. The fourth-order valence-electron chi connectivity index (χ4n) is 3.09. The molecule has 1 spiro atoms. The first kappa shape index (κ1) is 15.6. The van der Waals surface area contributed by atoms with E-state index in [1.54, 1.807) is 18.0 Å². The highest BCUT2D eigenvalue weighted by Gasteiger charge is 2.45. The Kier molecular flexibility index (Phi) is 5.07. The van der Waals surface area contributed by atoms with Crippen LogP contribution in [-0.2, 0) is 9.47 Å². The number of aromatic nitrogens is 1. The fraction of sp³-hybridized carbons (Fsp3) is 0.667. The Labute approximate surface area is 134 Å². The highest BCUT2D eigenvalue weighted by atomic mass is 35.5. The van der Waals surface area contributed by atoms with E-state index < -0.39 is 0 Å². The average molecular weight is 329 g/mol. The maximum absolute atomic E-state index is 6.25. The summed E-state index contributed by atoms with van der Waals surface area (Å²) in [6.45, 7) is 4.51. The second-order valence-corrected chi connectivity index (χ2v) is 7.10. The van der Waals surface area contributed by atoms with Crippen LogP contribution in [-0.4, -0.2) is 41.8 Å². The molecule has 1 aromatic rings. The summed E-state index contributed by atoms with van der Waals surface area (Å²) >= 11 is 7.99. The molecule has 2 heterocycles. The molecule has 1 aromatic heterocycles. The summed E-state index contributed by atoms with van der Waals surface area (Å²) in [6.07, 6.45) is 4.67. The van der Waals surface area contributed by atoms with E-state index in [9.17, 15) is 0 Å². The van der Waals surface area contributed by atoms with E-state index in [0.29, 0.717) is 29.5 Å². The number of pyridine rings is 1. The summed E-state index contributed by atoms with van der Waals surface area (Å²) in [6, 6.07) is 4.19. The van der Waals surface area contributed by atoms with Crippen LogP contribution in [0.3, 0.4) is 0 Å². The molecular weight excluding hydrogens is 308 g/mol. The summed E-state index contributed by atoms with van der Waals surface area (Å²) in [5.74, 6) is -0.384. The largest absolute Gasteiger partial charge is 0.347 e. The number of rotatable bonds is 4. The summed E-state index contributed by atoms with van der Waals surface area (Å²) in [7, 11) is 0. The molecule has 116 valence electrons. The molecule has 0 aromatic carbocycles. The van der Waals surface area contributed by atoms with Gasteiger partial charge in [-0.3, -0.25) is 0 Å². The van der Waals surface area contributed by atoms with Crippen molar-refractivity contribution >= 4 is 23.4 Å². The zero-order chi connectivity index (χ0) is 14.7. The van der Waals surface area contributed by atoms with E-state index in [0.717, 1.165) is 30.8 Å². The van der Waals surface area contributed by atoms with Crippen LogP contribution in [0.1, 0.15) is 26.2 Å². The van der Waals surface area contributed by atoms with Crippen LogP contribution in [0, 0.1) is 0 Å². The van der Waals surface area contributed by atoms with E-state index >= 15 is 0 Å². The molecule has 2 unspecified atom stereocenters. The van der Waals surface area contributed by atoms with Crippen molar-refractivity contribution in [3.05, 3.63) is 23.4 Å². The maximum atomic E-state index is 6.25. The minimum absolute atomic E-state index is 0.351. The lowest BCUT2D eigenvalue weighted by Gasteiger charge is -2.41. The molecule has 1 saturated heterocycles. The predicted molar refractivity (Wildman–Crippen MR) is 84.8 cm³/mol. The fourth-order valence-corrected chi connectivity index (χ4v) is 4.67. The first-order valence-electron chi connectivity index (χ1n) is 7.51. The molecule has 3 rings (SSSR count). The second kappa shape index (κ2) is 6.84. The number of nitrogens with one attached hydrogen (secondary N) is 1. The van der Waals surface area contributed by atoms with Gasteiger partial charge in [-0.2, -0.15) is 0 Å². The predicted octanol–water partition coefficient (Wildman–Crippen LogP) is 3.10. The molecule has 1 saturated carbocycles. The number of thioether (sulfide) groups is 1. The molecule has 1 aliphatic heterocycles. The van der Waals surface area contributed by atoms with Gasteiger partial charge in [0.25, 0.3) is 0 Å². The smallest absolute Gasteiger partial charge is 0.169 e. The third-order valence-corrected chi connectivity index (χ3v) is 5.83. The quantitative estimate of drug-likeness (QED) is 0.920. The van der Waals surface area contributed by atoms with Crippen LogP contribution < -0.4 is 5.32 Å². The third-order valence-electron chi connectivity index (χ3n) is 4.06. The van der Waals surface area contributed by atoms with Crippen LogP contribution in [0.2, 0.25) is 5.02 Å². The Morgan fingerprint density at radius 1 is 1.48 bits per heavy atom. The van der Waals surface area contributed by atoms with Gasteiger partial charge in [0.05, 0.1) is 18.2 Å². The SMILES string of the molecule is CCNC1CCC2(CC1Sc1ncccc1Cl)OCCO2. The Hall–Kier alpha value is -0.330. The van der Waals surface area contributed by atoms with Crippen LogP contribution in [0.5, 0.6) is 0 Å². The zero-order valence-corrected chi connectivity index (χ0v) is 13.8. The molecule has 2 fully saturated rings. The van der Waals surface area contributed by atoms with Crippen molar-refractivity contribution in [3.63, 3.8) is 0 Å². The first-order chi connectivity index (χ1) is 10.2. The second-order valence-electron chi connectivity index (χ2n) is 5.46. The van der Waals surface area contributed by atoms with Gasteiger partial charge in [0, 0.05) is 30.3 Å². The first-order valence-corrected chi connectivity index (χ1v) is 8.77. The summed E-state index contributed by atoms with van der Waals surface area (Å²) in [5, 5.41) is 5.53. The standard InChI is InChI=1S/C15H21ClN2O2S/c1-2-17-12-5-6-15(19-8-9-20-15)10-13(12)21-14-11(16)4-3-7-18-14/h3-4,7,12-13,17H,2,5-6,8-10H2,1H3. The zero-order valence-electron chi connectivity index (χ0n) is 12.2. The van der Waals surface area contributed by atoms with E-state index in [1.807, 2.05) is 12.1 Å². The van der Waals surface area contributed by atoms with Crippen molar-refractivity contribution in [2.75, 3.05) is 19.8 Å². The third kappa shape index (κ3) is 3.54. The molecule has 1 aliphatic carbocycles. The van der Waals surface area contributed by atoms with Crippen LogP contribution in [0.25, 0.3) is 0 Å². The molecule has 0 amide bonds. The van der Waals surface area contributed by atoms with Crippen LogP contribution in [0.4, 0.5) is 0 Å². The number of nitrogens with zero attached hydrogens (tertiary/aromatic N) is 1. The van der Waals surface area contributed by atoms with Gasteiger partial charge < -0.3 is 14.8 Å². The monoisotopic (exact) mass is 328 g/mol. The van der Waals surface area contributed by atoms with E-state index in [4.69, 9.17) is 21.1 Å². The molecule has 6 heteroatoms. The van der Waals surface area contributed by atoms with Crippen molar-refractivity contribution < 1.29 is 9.47 Å². The van der Waals surface area contributed by atoms with Gasteiger partial charge in [-0.05, 0) is 25.1 Å². The van der Waals surface area contributed by atoms with Gasteiger partial charge >= 0.3 is 0 Å². The number of hydrogen-bond donors (Lipinski definition) is 1. The van der Waals surface area contributed by atoms with Crippen molar-refractivity contribution in [2.24, 2.45) is 0 Å². The molecule has 4 nitrogen and oxygen atoms in total. The van der Waals surface area contributed by atoms with Gasteiger partial charge in [-0.15, -0.1) is 0 Å². The normalized spacial score (nSPS) is 28.1. The molecule has 2 atom stereocenters. The van der Waals surface area contributed by atoms with Crippen molar-refractivity contribution in [2.45, 2.75) is 48.3 Å². The maximum Gasteiger partial charge on any atom is 0.169 e. The minimum atomic E-state index is -0.384. The van der Waals surface area contributed by atoms with Gasteiger partial charge in [0.1, 0.15) is 5.03 Å². The molecular formula is C15H21ClN2O2S. The summed E-state index contributed by atoms with van der Waals surface area (Å²) < 4.78 is 11.8. The van der Waals surface area contributed by atoms with Crippen molar-refractivity contribution in [1.82, 2.24) is 10.3 Å². The molecule has 21 heavy (non-hydrogen) atoms. The lowest BCUT2D eigenvalue weighted by molar-refractivity contribution is -0.178. The van der Waals surface area contributed by atoms with E-state index in [1.165, 1.54) is 0 Å². The van der Waals surface area contributed by atoms with Gasteiger partial charge in [-0.25, -0.2) is 4.98 Å². The summed E-state index contributed by atoms with van der Waals surface area (Å²) in [4.78, 5) is 4.40.